The average Bonchev–Trinajstić information content (AvgIpc) is 3.81. The van der Waals surface area contributed by atoms with Crippen molar-refractivity contribution in [3.63, 3.8) is 0 Å². The first-order valence-electron chi connectivity index (χ1n) is 21.1. The number of carbonyl (C=O) groups excluding carboxylic acids is 1. The molecule has 54 heavy (non-hydrogen) atoms. The van der Waals surface area contributed by atoms with Crippen LogP contribution in [0.4, 0.5) is 0 Å². The van der Waals surface area contributed by atoms with E-state index in [0.29, 0.717) is 6.61 Å². The number of rotatable bonds is 23. The fraction of sp³-hybridized carbons (Fsp3) is 0.860. The van der Waals surface area contributed by atoms with Crippen LogP contribution in [0, 0.1) is 22.2 Å². The lowest BCUT2D eigenvalue weighted by Crippen LogP contribution is -2.34. The van der Waals surface area contributed by atoms with Gasteiger partial charge < -0.3 is 14.7 Å². The molecule has 1 N–H and O–H groups in total. The smallest absolute Gasteiger partial charge is 0.311 e. The van der Waals surface area contributed by atoms with Crippen LogP contribution >= 0.6 is 0 Å². The molecular weight excluding hydrogens is 679 g/mol. The highest BCUT2D eigenvalue weighted by Crippen LogP contribution is 2.37. The molecule has 2 aromatic rings. The van der Waals surface area contributed by atoms with Crippen LogP contribution in [0.25, 0.3) is 0 Å². The van der Waals surface area contributed by atoms with E-state index in [2.05, 4.69) is 82.9 Å². The molecule has 0 bridgehead atoms. The predicted molar refractivity (Wildman–Crippen MR) is 224 cm³/mol. The lowest BCUT2D eigenvalue weighted by atomic mass is 9.73. The fourth-order valence-electron chi connectivity index (χ4n) is 5.96. The zero-order valence-electron chi connectivity index (χ0n) is 37.3. The molecule has 0 amide bonds. The number of carbonyl (C=O) groups is 2. The van der Waals surface area contributed by atoms with Gasteiger partial charge in [-0.3, -0.25) is 19.0 Å². The Morgan fingerprint density at radius 1 is 0.704 bits per heavy atom. The maximum atomic E-state index is 12.1. The minimum atomic E-state index is -0.664. The molecule has 11 nitrogen and oxygen atoms in total. The number of unbranched alkanes of at least 4 members (excludes halogenated alkanes) is 10. The van der Waals surface area contributed by atoms with Crippen LogP contribution in [0.15, 0.2) is 24.8 Å². The molecule has 2 atom stereocenters. The number of aromatic nitrogens is 6. The molecule has 0 aliphatic heterocycles. The van der Waals surface area contributed by atoms with Gasteiger partial charge in [0.2, 0.25) is 0 Å². The zero-order valence-corrected chi connectivity index (χ0v) is 37.3. The minimum absolute atomic E-state index is 0.0585. The molecule has 0 spiro atoms. The van der Waals surface area contributed by atoms with Crippen LogP contribution in [0.2, 0.25) is 0 Å². The van der Waals surface area contributed by atoms with Crippen molar-refractivity contribution in [3.8, 4) is 0 Å². The lowest BCUT2D eigenvalue weighted by molar-refractivity contribution is -0.157. The molecule has 2 rings (SSSR count). The van der Waals surface area contributed by atoms with Crippen molar-refractivity contribution in [1.82, 2.24) is 34.9 Å². The molecule has 0 radical (unpaired) electrons. The lowest BCUT2D eigenvalue weighted by Gasteiger charge is -2.32. The number of ether oxygens (including phenoxy) is 1. The van der Waals surface area contributed by atoms with Crippen LogP contribution in [-0.2, 0) is 27.4 Å². The summed E-state index contributed by atoms with van der Waals surface area (Å²) >= 11 is 0. The number of likely N-dealkylation sites (N-methyl/N-ethyl adjacent to an activating group) is 1. The fourth-order valence-corrected chi connectivity index (χ4v) is 5.96. The highest BCUT2D eigenvalue weighted by Gasteiger charge is 2.36. The van der Waals surface area contributed by atoms with Gasteiger partial charge in [0.15, 0.2) is 0 Å². The van der Waals surface area contributed by atoms with Crippen molar-refractivity contribution in [2.24, 2.45) is 22.2 Å². The third-order valence-electron chi connectivity index (χ3n) is 9.09. The maximum Gasteiger partial charge on any atom is 0.311 e. The Balaban J connectivity index is 0. The molecule has 0 saturated heterocycles. The summed E-state index contributed by atoms with van der Waals surface area (Å²) in [4.78, 5) is 24.7. The molecule has 0 aliphatic rings. The zero-order chi connectivity index (χ0) is 41.5. The monoisotopic (exact) mass is 764 g/mol. The summed E-state index contributed by atoms with van der Waals surface area (Å²) in [6.45, 7) is 26.5. The first kappa shape index (κ1) is 53.3. The van der Waals surface area contributed by atoms with Gasteiger partial charge in [0.25, 0.3) is 0 Å². The quantitative estimate of drug-likeness (QED) is 0.0868. The van der Waals surface area contributed by atoms with Gasteiger partial charge in [0, 0.05) is 32.0 Å². The number of nitrogens with zero attached hydrogens (tertiary/aromatic N) is 7. The normalized spacial score (nSPS) is 13.0. The predicted octanol–water partition coefficient (Wildman–Crippen LogP) is 10.8. The molecule has 2 unspecified atom stereocenters. The van der Waals surface area contributed by atoms with E-state index >= 15 is 0 Å². The summed E-state index contributed by atoms with van der Waals surface area (Å²) in [6.07, 6.45) is 26.5. The van der Waals surface area contributed by atoms with E-state index in [-0.39, 0.29) is 28.1 Å². The van der Waals surface area contributed by atoms with Crippen molar-refractivity contribution in [2.75, 3.05) is 27.2 Å². The molecule has 2 aromatic heterocycles. The van der Waals surface area contributed by atoms with E-state index in [1.165, 1.54) is 77.0 Å². The summed E-state index contributed by atoms with van der Waals surface area (Å²) in [5, 5.41) is 24.1. The topological polar surface area (TPSA) is 128 Å². The third-order valence-corrected chi connectivity index (χ3v) is 9.09. The Labute approximate surface area is 331 Å². The molecular formula is C43H85N7O4. The highest BCUT2D eigenvalue weighted by molar-refractivity contribution is 5.76. The average molecular weight is 764 g/mol. The molecule has 316 valence electrons. The summed E-state index contributed by atoms with van der Waals surface area (Å²) in [7, 11) is 3.95. The molecule has 0 saturated carbocycles. The van der Waals surface area contributed by atoms with E-state index in [4.69, 9.17) is 9.84 Å². The second-order valence-electron chi connectivity index (χ2n) is 17.7. The number of carboxylic acids is 1. The minimum Gasteiger partial charge on any atom is -0.481 e. The standard InChI is InChI=1S/C14H29NO2.2C10H19N3.C9H18O2/c1-8-14(5,11-13(2,3)4)12(16)17-10-9-15(6)7;2*1-2-3-4-5-6-7-9-13-10-8-11-12-13;1-5-7(8(10)11)6-9(2,3)4/h8-11H2,1-7H3;2*8,10H,2-7,9H2,1H3;7H,5-6H2,1-4H3,(H,10,11). The van der Waals surface area contributed by atoms with Crippen LogP contribution in [0.3, 0.4) is 0 Å². The molecule has 2 heterocycles. The van der Waals surface area contributed by atoms with Gasteiger partial charge in [0.05, 0.1) is 23.7 Å². The van der Waals surface area contributed by atoms with E-state index in [0.717, 1.165) is 45.3 Å². The van der Waals surface area contributed by atoms with Crippen molar-refractivity contribution >= 4 is 11.9 Å². The summed E-state index contributed by atoms with van der Waals surface area (Å²) < 4.78 is 9.18. The van der Waals surface area contributed by atoms with E-state index in [9.17, 15) is 9.59 Å². The maximum absolute atomic E-state index is 12.1. The van der Waals surface area contributed by atoms with Gasteiger partial charge in [-0.05, 0) is 70.4 Å². The summed E-state index contributed by atoms with van der Waals surface area (Å²) in [6, 6.07) is 0. The number of esters is 1. The van der Waals surface area contributed by atoms with Crippen molar-refractivity contribution < 1.29 is 19.4 Å². The van der Waals surface area contributed by atoms with E-state index in [1.54, 1.807) is 12.4 Å². The number of carboxylic acid groups (broad SMARTS) is 1. The summed E-state index contributed by atoms with van der Waals surface area (Å²) in [5.41, 5.74) is -0.0883. The van der Waals surface area contributed by atoms with Gasteiger partial charge in [-0.25, -0.2) is 0 Å². The molecule has 0 fully saturated rings. The Bertz CT molecular complexity index is 1080. The second kappa shape index (κ2) is 31.4. The van der Waals surface area contributed by atoms with Gasteiger partial charge >= 0.3 is 11.9 Å². The highest BCUT2D eigenvalue weighted by atomic mass is 16.5. The van der Waals surface area contributed by atoms with Crippen LogP contribution in [0.5, 0.6) is 0 Å². The molecule has 0 aliphatic carbocycles. The molecule has 0 aromatic carbocycles. The number of aryl methyl sites for hydroxylation is 2. The van der Waals surface area contributed by atoms with Crippen molar-refractivity contribution in [3.05, 3.63) is 24.8 Å². The Hall–Kier alpha value is -2.82. The van der Waals surface area contributed by atoms with Crippen molar-refractivity contribution in [2.45, 2.75) is 192 Å². The second-order valence-corrected chi connectivity index (χ2v) is 17.7. The third kappa shape index (κ3) is 32.6. The Morgan fingerprint density at radius 2 is 1.15 bits per heavy atom. The van der Waals surface area contributed by atoms with Crippen LogP contribution in [-0.4, -0.2) is 79.2 Å². The number of hydrogen-bond acceptors (Lipinski definition) is 8. The first-order chi connectivity index (χ1) is 25.3. The van der Waals surface area contributed by atoms with Crippen LogP contribution in [0.1, 0.15) is 179 Å². The van der Waals surface area contributed by atoms with Gasteiger partial charge in [-0.2, -0.15) is 0 Å². The SMILES string of the molecule is CCC(C)(CC(C)(C)C)C(=O)OCCN(C)C.CCC(CC(C)(C)C)C(=O)O.CCCCCCCCn1ccnn1.CCCCCCCCn1ccnn1. The molecule has 11 heteroatoms. The Kier molecular flexibility index (Phi) is 31.0. The number of aliphatic carboxylic acids is 1. The largest absolute Gasteiger partial charge is 0.481 e. The first-order valence-corrected chi connectivity index (χ1v) is 21.1. The van der Waals surface area contributed by atoms with Crippen molar-refractivity contribution in [1.29, 1.82) is 0 Å². The van der Waals surface area contributed by atoms with E-state index in [1.807, 2.05) is 54.6 Å². The summed E-state index contributed by atoms with van der Waals surface area (Å²) in [5.74, 6) is -0.894. The number of hydrogen-bond donors (Lipinski definition) is 1. The van der Waals surface area contributed by atoms with Gasteiger partial charge in [-0.15, -0.1) is 10.2 Å². The Morgan fingerprint density at radius 3 is 1.44 bits per heavy atom. The van der Waals surface area contributed by atoms with Gasteiger partial charge in [-0.1, -0.05) is 144 Å². The van der Waals surface area contributed by atoms with E-state index < -0.39 is 5.97 Å². The van der Waals surface area contributed by atoms with Crippen LogP contribution < -0.4 is 0 Å². The van der Waals surface area contributed by atoms with Gasteiger partial charge in [0.1, 0.15) is 6.61 Å².